The maximum absolute atomic E-state index is 15.3. The third kappa shape index (κ3) is 9.37. The van der Waals surface area contributed by atoms with E-state index in [9.17, 15) is 23.3 Å². The number of ether oxygens (including phenoxy) is 1. The number of anilines is 4. The zero-order valence-electron chi connectivity index (χ0n) is 37.8. The van der Waals surface area contributed by atoms with E-state index in [1.165, 1.54) is 28.8 Å². The van der Waals surface area contributed by atoms with Gasteiger partial charge in [-0.05, 0) is 90.4 Å². The lowest BCUT2D eigenvalue weighted by Gasteiger charge is -2.39. The van der Waals surface area contributed by atoms with Crippen molar-refractivity contribution < 1.29 is 27.3 Å². The SMILES string of the molecule is CC1(C)CCC(CN2CCN(c3ccc(C(=O)NS(=O)(=O)c4ccc(NCC5(F)CCOCC5)c([N+](=O)[O-])c4)c(N4CC(C)(C)c5nc6[nH]ccc6cc54)c3)CC2)=C(c2ccc(Cl)cc2)C1. The highest BCUT2D eigenvalue weighted by Gasteiger charge is 2.40. The Kier molecular flexibility index (Phi) is 12.2. The average Bonchev–Trinajstić information content (AvgIpc) is 3.86. The van der Waals surface area contributed by atoms with E-state index in [1.54, 1.807) is 6.07 Å². The van der Waals surface area contributed by atoms with Gasteiger partial charge in [-0.15, -0.1) is 0 Å². The van der Waals surface area contributed by atoms with Crippen LogP contribution in [0.2, 0.25) is 5.02 Å². The lowest BCUT2D eigenvalue weighted by Crippen LogP contribution is -2.47. The number of carbonyl (C=O) groups excluding carboxylic acids is 1. The van der Waals surface area contributed by atoms with E-state index < -0.39 is 42.5 Å². The zero-order valence-corrected chi connectivity index (χ0v) is 39.3. The van der Waals surface area contributed by atoms with Crippen LogP contribution in [0.3, 0.4) is 0 Å². The lowest BCUT2D eigenvalue weighted by atomic mass is 9.72. The fraction of sp³-hybridized carbons (Fsp3) is 0.429. The molecule has 9 rings (SSSR count). The normalized spacial score (nSPS) is 19.5. The van der Waals surface area contributed by atoms with Crippen molar-refractivity contribution in [2.75, 3.05) is 74.1 Å². The zero-order chi connectivity index (χ0) is 46.6. The molecule has 0 saturated carbocycles. The summed E-state index contributed by atoms with van der Waals surface area (Å²) in [5.74, 6) is -0.896. The number of nitrogens with zero attached hydrogens (tertiary/aromatic N) is 5. The molecular weight excluding hydrogens is 883 g/mol. The van der Waals surface area contributed by atoms with E-state index in [4.69, 9.17) is 21.3 Å². The number of pyridine rings is 1. The second-order valence-electron chi connectivity index (χ2n) is 19.6. The number of rotatable bonds is 12. The van der Waals surface area contributed by atoms with Crippen molar-refractivity contribution >= 4 is 72.6 Å². The molecule has 66 heavy (non-hydrogen) atoms. The highest BCUT2D eigenvalue weighted by Crippen LogP contribution is 2.47. The first-order valence-corrected chi connectivity index (χ1v) is 24.4. The molecule has 3 aliphatic heterocycles. The number of piperazine rings is 1. The van der Waals surface area contributed by atoms with Gasteiger partial charge in [-0.3, -0.25) is 19.8 Å². The van der Waals surface area contributed by atoms with E-state index in [-0.39, 0.29) is 49.3 Å². The van der Waals surface area contributed by atoms with Crippen molar-refractivity contribution in [1.29, 1.82) is 0 Å². The minimum atomic E-state index is -4.64. The van der Waals surface area contributed by atoms with Crippen molar-refractivity contribution in [1.82, 2.24) is 19.6 Å². The Hall–Kier alpha value is -5.55. The predicted molar refractivity (Wildman–Crippen MR) is 257 cm³/mol. The fourth-order valence-corrected chi connectivity index (χ4v) is 11.0. The number of aromatic amines is 1. The van der Waals surface area contributed by atoms with E-state index >= 15 is 4.39 Å². The van der Waals surface area contributed by atoms with Crippen molar-refractivity contribution in [3.63, 3.8) is 0 Å². The first-order chi connectivity index (χ1) is 31.4. The molecule has 5 heterocycles. The smallest absolute Gasteiger partial charge is 0.293 e. The number of hydrogen-bond donors (Lipinski definition) is 3. The number of carbonyl (C=O) groups is 1. The Labute approximate surface area is 389 Å². The Bertz CT molecular complexity index is 2830. The Morgan fingerprint density at radius 1 is 0.955 bits per heavy atom. The Balaban J connectivity index is 0.989. The highest BCUT2D eigenvalue weighted by atomic mass is 35.5. The van der Waals surface area contributed by atoms with Gasteiger partial charge in [0.15, 0.2) is 0 Å². The molecule has 14 nitrogen and oxygen atoms in total. The average molecular weight is 940 g/mol. The molecule has 3 aromatic carbocycles. The molecule has 5 aromatic rings. The minimum absolute atomic E-state index is 0.0363. The van der Waals surface area contributed by atoms with Gasteiger partial charge in [0.2, 0.25) is 0 Å². The van der Waals surface area contributed by atoms with Gasteiger partial charge in [0.25, 0.3) is 21.6 Å². The summed E-state index contributed by atoms with van der Waals surface area (Å²) < 4.78 is 50.7. The van der Waals surface area contributed by atoms with Crippen LogP contribution in [0.1, 0.15) is 81.4 Å². The van der Waals surface area contributed by atoms with Crippen molar-refractivity contribution in [2.45, 2.75) is 75.8 Å². The molecule has 2 saturated heterocycles. The standard InChI is InChI=1S/C49H56ClFN8O6S/c1-47(2)15-13-34(39(28-47)32-5-7-35(50)8-6-32)29-56-19-21-57(22-20-56)36-9-11-38(41(26-36)58-31-48(3,4)44-43(58)25-33-14-18-52-45(33)54-44)46(60)55-66(63,64)37-10-12-40(42(27-37)59(61)62)53-30-49(51)16-23-65-24-17-49/h5-12,14,18,25-27,53H,13,15-17,19-24,28-31H2,1-4H3,(H,52,54)(H,55,60). The van der Waals surface area contributed by atoms with Crippen LogP contribution in [-0.4, -0.2) is 98.8 Å². The molecule has 2 fully saturated rings. The minimum Gasteiger partial charge on any atom is -0.381 e. The number of aromatic nitrogens is 2. The summed E-state index contributed by atoms with van der Waals surface area (Å²) in [4.78, 5) is 40.4. The first-order valence-electron chi connectivity index (χ1n) is 22.6. The molecule has 3 N–H and O–H groups in total. The number of sulfonamides is 1. The van der Waals surface area contributed by atoms with Gasteiger partial charge in [0.05, 0.1) is 32.5 Å². The largest absolute Gasteiger partial charge is 0.381 e. The number of fused-ring (bicyclic) bond motifs is 2. The molecular formula is C49H56ClFN8O6S. The molecule has 4 aliphatic rings. The Morgan fingerprint density at radius 2 is 1.70 bits per heavy atom. The highest BCUT2D eigenvalue weighted by molar-refractivity contribution is 7.90. The summed E-state index contributed by atoms with van der Waals surface area (Å²) in [6, 6.07) is 20.9. The van der Waals surface area contributed by atoms with Gasteiger partial charge >= 0.3 is 0 Å². The third-order valence-electron chi connectivity index (χ3n) is 13.7. The van der Waals surface area contributed by atoms with Crippen LogP contribution >= 0.6 is 11.6 Å². The van der Waals surface area contributed by atoms with Gasteiger partial charge in [-0.1, -0.05) is 57.0 Å². The number of nitrogens with one attached hydrogen (secondary N) is 3. The number of benzene rings is 3. The maximum atomic E-state index is 15.3. The summed E-state index contributed by atoms with van der Waals surface area (Å²) in [5, 5.41) is 16.6. The fourth-order valence-electron chi connectivity index (χ4n) is 9.86. The van der Waals surface area contributed by atoms with Gasteiger partial charge in [-0.25, -0.2) is 22.5 Å². The van der Waals surface area contributed by atoms with E-state index in [0.29, 0.717) is 12.2 Å². The van der Waals surface area contributed by atoms with Crippen molar-refractivity contribution in [2.24, 2.45) is 5.41 Å². The van der Waals surface area contributed by atoms with Crippen LogP contribution in [0, 0.1) is 15.5 Å². The number of nitro benzene ring substituents is 1. The second kappa shape index (κ2) is 17.6. The summed E-state index contributed by atoms with van der Waals surface area (Å²) in [7, 11) is -4.64. The molecule has 0 spiro atoms. The van der Waals surface area contributed by atoms with Crippen LogP contribution in [0.4, 0.5) is 32.8 Å². The third-order valence-corrected chi connectivity index (χ3v) is 15.3. The molecule has 0 unspecified atom stereocenters. The van der Waals surface area contributed by atoms with Crippen LogP contribution in [0.5, 0.6) is 0 Å². The van der Waals surface area contributed by atoms with Crippen LogP contribution < -0.4 is 19.8 Å². The van der Waals surface area contributed by atoms with Gasteiger partial charge in [-0.2, -0.15) is 0 Å². The van der Waals surface area contributed by atoms with E-state index in [1.807, 2.05) is 47.5 Å². The van der Waals surface area contributed by atoms with Crippen LogP contribution in [0.15, 0.2) is 89.5 Å². The Morgan fingerprint density at radius 3 is 2.42 bits per heavy atom. The first kappa shape index (κ1) is 45.6. The molecule has 0 radical (unpaired) electrons. The number of halogens is 2. The van der Waals surface area contributed by atoms with Crippen molar-refractivity contribution in [3.05, 3.63) is 117 Å². The number of alkyl halides is 1. The number of allylic oxidation sites excluding steroid dienone is 1. The van der Waals surface area contributed by atoms with Crippen LogP contribution in [-0.2, 0) is 20.2 Å². The van der Waals surface area contributed by atoms with Crippen LogP contribution in [0.25, 0.3) is 16.6 Å². The molecule has 2 aromatic heterocycles. The number of H-pyrrole nitrogens is 1. The van der Waals surface area contributed by atoms with Gasteiger partial charge < -0.3 is 24.8 Å². The molecule has 1 amide bonds. The van der Waals surface area contributed by atoms with Gasteiger partial charge in [0, 0.05) is 106 Å². The van der Waals surface area contributed by atoms with E-state index in [0.717, 1.165) is 91.2 Å². The summed E-state index contributed by atoms with van der Waals surface area (Å²) in [6.07, 6.45) is 5.27. The van der Waals surface area contributed by atoms with Gasteiger partial charge in [0.1, 0.15) is 17.0 Å². The number of nitro groups is 1. The summed E-state index contributed by atoms with van der Waals surface area (Å²) in [5.41, 5.74) is 5.56. The number of amides is 1. The maximum Gasteiger partial charge on any atom is 0.293 e. The molecule has 0 atom stereocenters. The molecule has 17 heteroatoms. The number of hydrogen-bond acceptors (Lipinski definition) is 11. The van der Waals surface area contributed by atoms with Crippen molar-refractivity contribution in [3.8, 4) is 0 Å². The predicted octanol–water partition coefficient (Wildman–Crippen LogP) is 9.39. The summed E-state index contributed by atoms with van der Waals surface area (Å²) >= 11 is 6.27. The quantitative estimate of drug-likeness (QED) is 0.0806. The van der Waals surface area contributed by atoms with E-state index in [2.05, 4.69) is 64.7 Å². The molecule has 0 bridgehead atoms. The topological polar surface area (TPSA) is 166 Å². The second-order valence-corrected chi connectivity index (χ2v) is 21.7. The summed E-state index contributed by atoms with van der Waals surface area (Å²) in [6.45, 7) is 13.6. The molecule has 348 valence electrons. The lowest BCUT2D eigenvalue weighted by molar-refractivity contribution is -0.384. The monoisotopic (exact) mass is 938 g/mol. The molecule has 1 aliphatic carbocycles.